The van der Waals surface area contributed by atoms with Crippen LogP contribution in [0, 0.1) is 0 Å². The summed E-state index contributed by atoms with van der Waals surface area (Å²) < 4.78 is 5.06. The molecule has 0 fully saturated rings. The zero-order valence-corrected chi connectivity index (χ0v) is 14.1. The van der Waals surface area contributed by atoms with Gasteiger partial charge in [0.25, 0.3) is 0 Å². The van der Waals surface area contributed by atoms with Gasteiger partial charge in [0.15, 0.2) is 0 Å². The van der Waals surface area contributed by atoms with Crippen LogP contribution in [-0.4, -0.2) is 25.5 Å². The van der Waals surface area contributed by atoms with E-state index in [1.807, 2.05) is 30.3 Å². The summed E-state index contributed by atoms with van der Waals surface area (Å²) in [4.78, 5) is 23.6. The van der Waals surface area contributed by atoms with Gasteiger partial charge >= 0.3 is 0 Å². The molecule has 0 spiro atoms. The minimum Gasteiger partial charge on any atom is -0.497 e. The number of ether oxygens (including phenoxy) is 1. The van der Waals surface area contributed by atoms with E-state index >= 15 is 0 Å². The molecule has 0 bridgehead atoms. The van der Waals surface area contributed by atoms with Crippen LogP contribution in [-0.2, 0) is 22.6 Å². The van der Waals surface area contributed by atoms with Gasteiger partial charge in [0.05, 0.1) is 20.1 Å². The molecule has 6 heteroatoms. The van der Waals surface area contributed by atoms with Crippen LogP contribution in [0.15, 0.2) is 48.5 Å². The van der Waals surface area contributed by atoms with Crippen molar-refractivity contribution in [3.05, 3.63) is 64.7 Å². The third-order valence-electron chi connectivity index (χ3n) is 3.40. The Morgan fingerprint density at radius 2 is 1.71 bits per heavy atom. The summed E-state index contributed by atoms with van der Waals surface area (Å²) in [5.74, 6) is 0.254. The monoisotopic (exact) mass is 346 g/mol. The molecule has 2 aromatic carbocycles. The van der Waals surface area contributed by atoms with Crippen LogP contribution in [0.3, 0.4) is 0 Å². The number of amides is 2. The Labute approximate surface area is 146 Å². The van der Waals surface area contributed by atoms with E-state index < -0.39 is 0 Å². The Balaban J connectivity index is 1.72. The van der Waals surface area contributed by atoms with Crippen molar-refractivity contribution in [3.63, 3.8) is 0 Å². The molecule has 0 atom stereocenters. The van der Waals surface area contributed by atoms with Crippen molar-refractivity contribution in [1.82, 2.24) is 10.6 Å². The number of hydrogen-bond donors (Lipinski definition) is 2. The Kier molecular flexibility index (Phi) is 6.63. The van der Waals surface area contributed by atoms with Crippen molar-refractivity contribution in [2.24, 2.45) is 0 Å². The molecule has 2 aromatic rings. The summed E-state index contributed by atoms with van der Waals surface area (Å²) in [5.41, 5.74) is 1.68. The molecular weight excluding hydrogens is 328 g/mol. The number of benzene rings is 2. The Morgan fingerprint density at radius 3 is 2.38 bits per heavy atom. The number of nitrogens with one attached hydrogen (secondary N) is 2. The van der Waals surface area contributed by atoms with Gasteiger partial charge in [0.1, 0.15) is 5.75 Å². The van der Waals surface area contributed by atoms with E-state index in [1.54, 1.807) is 25.3 Å². The van der Waals surface area contributed by atoms with Crippen LogP contribution in [0.2, 0.25) is 5.02 Å². The first-order chi connectivity index (χ1) is 11.6. The highest BCUT2D eigenvalue weighted by molar-refractivity contribution is 6.31. The number of methoxy groups -OCH3 is 1. The maximum atomic E-state index is 11.9. The highest BCUT2D eigenvalue weighted by Gasteiger charge is 2.07. The molecule has 5 nitrogen and oxygen atoms in total. The summed E-state index contributed by atoms with van der Waals surface area (Å²) in [6.07, 6.45) is 0.210. The van der Waals surface area contributed by atoms with Gasteiger partial charge in [-0.2, -0.15) is 0 Å². The van der Waals surface area contributed by atoms with Crippen LogP contribution in [0.1, 0.15) is 11.1 Å². The first-order valence-electron chi connectivity index (χ1n) is 7.48. The van der Waals surface area contributed by atoms with Crippen molar-refractivity contribution in [2.75, 3.05) is 13.7 Å². The van der Waals surface area contributed by atoms with Crippen LogP contribution < -0.4 is 15.4 Å². The smallest absolute Gasteiger partial charge is 0.239 e. The standard InChI is InChI=1S/C18H19ClN2O3/c1-24-15-8-6-13(7-9-15)10-17(22)21-12-18(23)20-11-14-4-2-3-5-16(14)19/h2-9H,10-12H2,1H3,(H,20,23)(H,21,22). The summed E-state index contributed by atoms with van der Waals surface area (Å²) in [7, 11) is 1.59. The van der Waals surface area contributed by atoms with Crippen molar-refractivity contribution in [3.8, 4) is 5.75 Å². The van der Waals surface area contributed by atoms with Crippen LogP contribution in [0.4, 0.5) is 0 Å². The highest BCUT2D eigenvalue weighted by Crippen LogP contribution is 2.14. The average Bonchev–Trinajstić information content (AvgIpc) is 2.60. The molecule has 0 heterocycles. The second-order valence-electron chi connectivity index (χ2n) is 5.17. The molecule has 0 aliphatic heterocycles. The molecule has 2 rings (SSSR count). The number of carbonyl (C=O) groups excluding carboxylic acids is 2. The van der Waals surface area contributed by atoms with Gasteiger partial charge in [-0.15, -0.1) is 0 Å². The third-order valence-corrected chi connectivity index (χ3v) is 3.77. The van der Waals surface area contributed by atoms with Gasteiger partial charge in [-0.1, -0.05) is 41.9 Å². The molecule has 2 N–H and O–H groups in total. The molecule has 0 aliphatic carbocycles. The van der Waals surface area contributed by atoms with Crippen molar-refractivity contribution >= 4 is 23.4 Å². The molecule has 0 aliphatic rings. The minimum atomic E-state index is -0.266. The van der Waals surface area contributed by atoms with E-state index in [4.69, 9.17) is 16.3 Å². The lowest BCUT2D eigenvalue weighted by Gasteiger charge is -2.08. The van der Waals surface area contributed by atoms with E-state index in [1.165, 1.54) is 0 Å². The maximum Gasteiger partial charge on any atom is 0.239 e. The number of rotatable bonds is 7. The van der Waals surface area contributed by atoms with E-state index in [2.05, 4.69) is 10.6 Å². The summed E-state index contributed by atoms with van der Waals surface area (Å²) in [6, 6.07) is 14.5. The second kappa shape index (κ2) is 8.93. The largest absolute Gasteiger partial charge is 0.497 e. The zero-order chi connectivity index (χ0) is 17.4. The molecular formula is C18H19ClN2O3. The van der Waals surface area contributed by atoms with Crippen LogP contribution >= 0.6 is 11.6 Å². The molecule has 0 aromatic heterocycles. The lowest BCUT2D eigenvalue weighted by atomic mass is 10.1. The van der Waals surface area contributed by atoms with Gasteiger partial charge in [-0.05, 0) is 29.3 Å². The predicted molar refractivity (Wildman–Crippen MR) is 93.0 cm³/mol. The Hall–Kier alpha value is -2.53. The molecule has 0 unspecified atom stereocenters. The van der Waals surface area contributed by atoms with Crippen molar-refractivity contribution in [2.45, 2.75) is 13.0 Å². The van der Waals surface area contributed by atoms with Gasteiger partial charge in [-0.25, -0.2) is 0 Å². The molecule has 2 amide bonds. The first-order valence-corrected chi connectivity index (χ1v) is 7.86. The Morgan fingerprint density at radius 1 is 1.00 bits per heavy atom. The number of carbonyl (C=O) groups is 2. The van der Waals surface area contributed by atoms with Crippen LogP contribution in [0.25, 0.3) is 0 Å². The zero-order valence-electron chi connectivity index (χ0n) is 13.3. The van der Waals surface area contributed by atoms with E-state index in [0.29, 0.717) is 11.6 Å². The summed E-state index contributed by atoms with van der Waals surface area (Å²) in [5, 5.41) is 5.91. The number of halogens is 1. The predicted octanol–water partition coefficient (Wildman–Crippen LogP) is 2.32. The topological polar surface area (TPSA) is 67.4 Å². The Bertz CT molecular complexity index is 702. The van der Waals surface area contributed by atoms with Crippen LogP contribution in [0.5, 0.6) is 5.75 Å². The molecule has 0 radical (unpaired) electrons. The normalized spacial score (nSPS) is 10.1. The fourth-order valence-corrected chi connectivity index (χ4v) is 2.27. The quantitative estimate of drug-likeness (QED) is 0.808. The van der Waals surface area contributed by atoms with E-state index in [0.717, 1.165) is 16.9 Å². The SMILES string of the molecule is COc1ccc(CC(=O)NCC(=O)NCc2ccccc2Cl)cc1. The maximum absolute atomic E-state index is 11.9. The fourth-order valence-electron chi connectivity index (χ4n) is 2.07. The first kappa shape index (κ1) is 17.8. The van der Waals surface area contributed by atoms with Gasteiger partial charge in [-0.3, -0.25) is 9.59 Å². The fraction of sp³-hybridized carbons (Fsp3) is 0.222. The van der Waals surface area contributed by atoms with Gasteiger partial charge in [0.2, 0.25) is 11.8 Å². The second-order valence-corrected chi connectivity index (χ2v) is 5.58. The minimum absolute atomic E-state index is 0.0700. The van der Waals surface area contributed by atoms with Crippen molar-refractivity contribution in [1.29, 1.82) is 0 Å². The van der Waals surface area contributed by atoms with Gasteiger partial charge in [0, 0.05) is 11.6 Å². The van der Waals surface area contributed by atoms with Gasteiger partial charge < -0.3 is 15.4 Å². The van der Waals surface area contributed by atoms with E-state index in [9.17, 15) is 9.59 Å². The number of hydrogen-bond acceptors (Lipinski definition) is 3. The van der Waals surface area contributed by atoms with E-state index in [-0.39, 0.29) is 24.8 Å². The summed E-state index contributed by atoms with van der Waals surface area (Å²) in [6.45, 7) is 0.256. The third kappa shape index (κ3) is 5.59. The molecule has 0 saturated carbocycles. The lowest BCUT2D eigenvalue weighted by Crippen LogP contribution is -2.37. The molecule has 24 heavy (non-hydrogen) atoms. The average molecular weight is 347 g/mol. The molecule has 126 valence electrons. The molecule has 0 saturated heterocycles. The van der Waals surface area contributed by atoms with Crippen molar-refractivity contribution < 1.29 is 14.3 Å². The highest BCUT2D eigenvalue weighted by atomic mass is 35.5. The summed E-state index contributed by atoms with van der Waals surface area (Å²) >= 11 is 6.02. The lowest BCUT2D eigenvalue weighted by molar-refractivity contribution is -0.125.